The highest BCUT2D eigenvalue weighted by atomic mass is 32.2. The van der Waals surface area contributed by atoms with Gasteiger partial charge in [-0.25, -0.2) is 14.6 Å². The summed E-state index contributed by atoms with van der Waals surface area (Å²) >= 11 is 1.63. The number of nitrogens with zero attached hydrogens (tertiary/aromatic N) is 4. The molecule has 0 spiro atoms. The lowest BCUT2D eigenvalue weighted by Gasteiger charge is -2.11. The molecule has 1 N–H and O–H groups in total. The lowest BCUT2D eigenvalue weighted by Crippen LogP contribution is -2.13. The second-order valence-corrected chi connectivity index (χ2v) is 8.16. The first-order chi connectivity index (χ1) is 14.6. The van der Waals surface area contributed by atoms with Crippen molar-refractivity contribution in [3.8, 4) is 5.69 Å². The number of amides is 1. The van der Waals surface area contributed by atoms with Gasteiger partial charge in [0, 0.05) is 17.9 Å². The molecule has 0 aliphatic heterocycles. The predicted molar refractivity (Wildman–Crippen MR) is 121 cm³/mol. The number of carbonyl (C=O) groups is 1. The molecule has 6 nitrogen and oxygen atoms in total. The quantitative estimate of drug-likeness (QED) is 0.262. The van der Waals surface area contributed by atoms with E-state index < -0.39 is 0 Å². The number of hydrogen-bond acceptors (Lipinski definition) is 5. The minimum Gasteiger partial charge on any atom is -0.326 e. The molecule has 1 amide bonds. The zero-order chi connectivity index (χ0) is 20.9. The van der Waals surface area contributed by atoms with E-state index in [0.717, 1.165) is 50.7 Å². The van der Waals surface area contributed by atoms with Crippen LogP contribution in [0.4, 0.5) is 5.69 Å². The van der Waals surface area contributed by atoms with Crippen LogP contribution in [-0.2, 0) is 4.79 Å². The minimum atomic E-state index is 0.0396. The third kappa shape index (κ3) is 4.36. The van der Waals surface area contributed by atoms with Crippen molar-refractivity contribution in [3.63, 3.8) is 0 Å². The fourth-order valence-electron chi connectivity index (χ4n) is 3.31. The Morgan fingerprint density at radius 1 is 1.03 bits per heavy atom. The first-order valence-corrected chi connectivity index (χ1v) is 10.8. The normalized spacial score (nSPS) is 11.0. The van der Waals surface area contributed by atoms with Gasteiger partial charge in [-0.2, -0.15) is 5.10 Å². The number of carbonyl (C=O) groups excluding carboxylic acids is 1. The summed E-state index contributed by atoms with van der Waals surface area (Å²) in [5.41, 5.74) is 4.82. The van der Waals surface area contributed by atoms with Crippen LogP contribution in [0, 0.1) is 13.8 Å². The maximum absolute atomic E-state index is 12.3. The van der Waals surface area contributed by atoms with Crippen molar-refractivity contribution in [3.05, 3.63) is 72.2 Å². The molecule has 4 rings (SSSR count). The highest BCUT2D eigenvalue weighted by Crippen LogP contribution is 2.26. The van der Waals surface area contributed by atoms with Gasteiger partial charge in [0.05, 0.1) is 17.3 Å². The van der Waals surface area contributed by atoms with Crippen LogP contribution in [0.25, 0.3) is 16.7 Å². The van der Waals surface area contributed by atoms with Crippen molar-refractivity contribution in [1.82, 2.24) is 19.7 Å². The van der Waals surface area contributed by atoms with Crippen molar-refractivity contribution in [1.29, 1.82) is 0 Å². The Labute approximate surface area is 179 Å². The van der Waals surface area contributed by atoms with Gasteiger partial charge in [-0.1, -0.05) is 36.4 Å². The molecule has 0 radical (unpaired) electrons. The van der Waals surface area contributed by atoms with Gasteiger partial charge in [-0.05, 0) is 43.5 Å². The molecule has 7 heteroatoms. The molecule has 4 aromatic rings. The van der Waals surface area contributed by atoms with E-state index in [0.29, 0.717) is 6.42 Å². The zero-order valence-corrected chi connectivity index (χ0v) is 17.8. The molecule has 2 aromatic carbocycles. The van der Waals surface area contributed by atoms with Gasteiger partial charge < -0.3 is 5.32 Å². The lowest BCUT2D eigenvalue weighted by molar-refractivity contribution is -0.116. The van der Waals surface area contributed by atoms with Gasteiger partial charge in [0.25, 0.3) is 0 Å². The van der Waals surface area contributed by atoms with Gasteiger partial charge in [-0.3, -0.25) is 4.79 Å². The number of anilines is 1. The molecule has 30 heavy (non-hydrogen) atoms. The molecule has 0 bridgehead atoms. The summed E-state index contributed by atoms with van der Waals surface area (Å²) in [4.78, 5) is 21.2. The topological polar surface area (TPSA) is 72.7 Å². The monoisotopic (exact) mass is 417 g/mol. The number of aromatic nitrogens is 4. The van der Waals surface area contributed by atoms with Crippen molar-refractivity contribution in [2.24, 2.45) is 0 Å². The Kier molecular flexibility index (Phi) is 6.09. The average Bonchev–Trinajstić information content (AvgIpc) is 3.19. The van der Waals surface area contributed by atoms with Crippen molar-refractivity contribution in [2.75, 3.05) is 11.1 Å². The summed E-state index contributed by atoms with van der Waals surface area (Å²) < 4.78 is 1.82. The van der Waals surface area contributed by atoms with Crippen molar-refractivity contribution < 1.29 is 4.79 Å². The number of para-hydroxylation sites is 2. The molecular formula is C23H23N5OS. The van der Waals surface area contributed by atoms with Crippen LogP contribution in [-0.4, -0.2) is 31.4 Å². The first-order valence-electron chi connectivity index (χ1n) is 9.86. The van der Waals surface area contributed by atoms with E-state index in [4.69, 9.17) is 0 Å². The Hall–Kier alpha value is -3.19. The van der Waals surface area contributed by atoms with E-state index in [-0.39, 0.29) is 5.91 Å². The number of benzene rings is 2. The third-order valence-corrected chi connectivity index (χ3v) is 5.95. The second-order valence-electron chi connectivity index (χ2n) is 7.08. The van der Waals surface area contributed by atoms with E-state index in [1.165, 1.54) is 0 Å². The molecule has 0 fully saturated rings. The van der Waals surface area contributed by atoms with E-state index in [1.807, 2.05) is 67.1 Å². The molecule has 2 aromatic heterocycles. The fourth-order valence-corrected chi connectivity index (χ4v) is 4.21. The lowest BCUT2D eigenvalue weighted by atomic mass is 10.1. The largest absolute Gasteiger partial charge is 0.326 e. The van der Waals surface area contributed by atoms with Crippen LogP contribution in [0.1, 0.15) is 24.0 Å². The van der Waals surface area contributed by atoms with Crippen LogP contribution in [0.15, 0.2) is 66.1 Å². The smallest absolute Gasteiger partial charge is 0.224 e. The number of aryl methyl sites for hydroxylation is 2. The molecule has 0 atom stereocenters. The number of nitrogens with one attached hydrogen (secondary N) is 1. The second kappa shape index (κ2) is 9.09. The SMILES string of the molecule is Cc1cccc(C)c1NC(=O)CCCSc1ncnc2c1cnn2-c1ccccc1. The first kappa shape index (κ1) is 20.1. The van der Waals surface area contributed by atoms with Gasteiger partial charge >= 0.3 is 0 Å². The molecule has 0 saturated heterocycles. The fraction of sp³-hybridized carbons (Fsp3) is 0.217. The van der Waals surface area contributed by atoms with Crippen LogP contribution in [0.2, 0.25) is 0 Å². The summed E-state index contributed by atoms with van der Waals surface area (Å²) in [6, 6.07) is 15.9. The molecular weight excluding hydrogens is 394 g/mol. The Bertz CT molecular complexity index is 1150. The molecule has 0 saturated carbocycles. The van der Waals surface area contributed by atoms with E-state index >= 15 is 0 Å². The van der Waals surface area contributed by atoms with Crippen LogP contribution >= 0.6 is 11.8 Å². The highest BCUT2D eigenvalue weighted by Gasteiger charge is 2.12. The number of hydrogen-bond donors (Lipinski definition) is 1. The standard InChI is InChI=1S/C23H23N5OS/c1-16-8-6-9-17(2)21(16)27-20(29)12-7-13-30-23-19-14-26-28(22(19)24-15-25-23)18-10-4-3-5-11-18/h3-6,8-11,14-15H,7,12-13H2,1-2H3,(H,27,29). The van der Waals surface area contributed by atoms with E-state index in [1.54, 1.807) is 24.3 Å². The molecule has 2 heterocycles. The summed E-state index contributed by atoms with van der Waals surface area (Å²) in [5.74, 6) is 0.834. The molecule has 0 unspecified atom stereocenters. The average molecular weight is 418 g/mol. The number of rotatable bonds is 7. The number of fused-ring (bicyclic) bond motifs is 1. The van der Waals surface area contributed by atoms with Gasteiger partial charge in [0.2, 0.25) is 5.91 Å². The van der Waals surface area contributed by atoms with Gasteiger partial charge in [-0.15, -0.1) is 11.8 Å². The van der Waals surface area contributed by atoms with Crippen molar-refractivity contribution >= 4 is 34.4 Å². The Balaban J connectivity index is 1.37. The maximum Gasteiger partial charge on any atom is 0.224 e. The summed E-state index contributed by atoms with van der Waals surface area (Å²) in [5, 5.41) is 9.33. The van der Waals surface area contributed by atoms with Crippen LogP contribution in [0.3, 0.4) is 0 Å². The minimum absolute atomic E-state index is 0.0396. The Morgan fingerprint density at radius 3 is 2.57 bits per heavy atom. The third-order valence-electron chi connectivity index (χ3n) is 4.86. The van der Waals surface area contributed by atoms with Crippen molar-refractivity contribution in [2.45, 2.75) is 31.7 Å². The van der Waals surface area contributed by atoms with Crippen LogP contribution < -0.4 is 5.32 Å². The molecule has 152 valence electrons. The highest BCUT2D eigenvalue weighted by molar-refractivity contribution is 7.99. The van der Waals surface area contributed by atoms with E-state index in [9.17, 15) is 4.79 Å². The summed E-state index contributed by atoms with van der Waals surface area (Å²) in [7, 11) is 0. The molecule has 0 aliphatic carbocycles. The maximum atomic E-state index is 12.3. The summed E-state index contributed by atoms with van der Waals surface area (Å²) in [6.45, 7) is 4.02. The Morgan fingerprint density at radius 2 is 1.80 bits per heavy atom. The van der Waals surface area contributed by atoms with E-state index in [2.05, 4.69) is 20.4 Å². The van der Waals surface area contributed by atoms with Crippen LogP contribution in [0.5, 0.6) is 0 Å². The summed E-state index contributed by atoms with van der Waals surface area (Å²) in [6.07, 6.45) is 4.61. The van der Waals surface area contributed by atoms with Gasteiger partial charge in [0.15, 0.2) is 5.65 Å². The van der Waals surface area contributed by atoms with Gasteiger partial charge in [0.1, 0.15) is 11.4 Å². The predicted octanol–water partition coefficient (Wildman–Crippen LogP) is 4.94. The molecule has 0 aliphatic rings. The zero-order valence-electron chi connectivity index (χ0n) is 17.0. The number of thioether (sulfide) groups is 1.